The third-order valence-electron chi connectivity index (χ3n) is 4.35. The fourth-order valence-electron chi connectivity index (χ4n) is 3.16. The molecule has 1 aliphatic carbocycles. The molecule has 1 saturated carbocycles. The molecule has 3 amide bonds. The van der Waals surface area contributed by atoms with Gasteiger partial charge in [-0.3, -0.25) is 9.69 Å². The molecule has 5 nitrogen and oxygen atoms in total. The number of benzene rings is 1. The molecule has 1 aliphatic heterocycles. The van der Waals surface area contributed by atoms with E-state index in [0.717, 1.165) is 19.3 Å². The largest absolute Gasteiger partial charge is 0.492 e. The van der Waals surface area contributed by atoms with Gasteiger partial charge in [-0.15, -0.1) is 0 Å². The van der Waals surface area contributed by atoms with Gasteiger partial charge in [0.1, 0.15) is 23.7 Å². The minimum Gasteiger partial charge on any atom is -0.492 e. The molecule has 1 aromatic rings. The molecule has 118 valence electrons. The zero-order valence-corrected chi connectivity index (χ0v) is 12.3. The summed E-state index contributed by atoms with van der Waals surface area (Å²) in [5.41, 5.74) is -0.689. The Morgan fingerprint density at radius 2 is 1.82 bits per heavy atom. The van der Waals surface area contributed by atoms with Crippen LogP contribution in [0.2, 0.25) is 0 Å². The van der Waals surface area contributed by atoms with Crippen LogP contribution < -0.4 is 10.1 Å². The van der Waals surface area contributed by atoms with E-state index in [1.165, 1.54) is 29.2 Å². The lowest BCUT2D eigenvalue weighted by Crippen LogP contribution is -2.48. The predicted molar refractivity (Wildman–Crippen MR) is 78.0 cm³/mol. The number of carbonyl (C=O) groups excluding carboxylic acids is 2. The molecule has 3 rings (SSSR count). The maximum Gasteiger partial charge on any atom is 0.325 e. The molecule has 1 aromatic carbocycles. The Morgan fingerprint density at radius 1 is 1.14 bits per heavy atom. The van der Waals surface area contributed by atoms with Crippen LogP contribution in [0.1, 0.15) is 32.1 Å². The predicted octanol–water partition coefficient (Wildman–Crippen LogP) is 2.46. The number of urea groups is 1. The van der Waals surface area contributed by atoms with Crippen molar-refractivity contribution in [1.29, 1.82) is 0 Å². The van der Waals surface area contributed by atoms with Gasteiger partial charge >= 0.3 is 6.03 Å². The van der Waals surface area contributed by atoms with Gasteiger partial charge in [0.05, 0.1) is 6.54 Å². The Morgan fingerprint density at radius 3 is 2.50 bits per heavy atom. The van der Waals surface area contributed by atoms with Crippen LogP contribution in [-0.4, -0.2) is 35.5 Å². The first-order valence-corrected chi connectivity index (χ1v) is 7.63. The standard InChI is InChI=1S/C16H19FN2O3/c17-12-4-6-13(7-5-12)22-11-10-19-14(20)16(18-15(19)21)8-2-1-3-9-16/h4-7H,1-3,8-11H2,(H,18,21). The van der Waals surface area contributed by atoms with Crippen LogP contribution in [0, 0.1) is 5.82 Å². The number of carbonyl (C=O) groups is 2. The molecule has 0 bridgehead atoms. The minimum absolute atomic E-state index is 0.139. The molecule has 1 spiro atoms. The van der Waals surface area contributed by atoms with Crippen LogP contribution in [0.4, 0.5) is 9.18 Å². The van der Waals surface area contributed by atoms with Gasteiger partial charge in [0, 0.05) is 0 Å². The number of rotatable bonds is 4. The number of ether oxygens (including phenoxy) is 1. The highest BCUT2D eigenvalue weighted by molar-refractivity contribution is 6.07. The highest BCUT2D eigenvalue weighted by Crippen LogP contribution is 2.33. The van der Waals surface area contributed by atoms with Crippen LogP contribution in [0.5, 0.6) is 5.75 Å². The van der Waals surface area contributed by atoms with Crippen molar-refractivity contribution in [3.05, 3.63) is 30.1 Å². The molecule has 1 heterocycles. The SMILES string of the molecule is O=C1NC2(CCCCC2)C(=O)N1CCOc1ccc(F)cc1. The van der Waals surface area contributed by atoms with E-state index in [-0.39, 0.29) is 30.9 Å². The van der Waals surface area contributed by atoms with E-state index in [1.807, 2.05) is 0 Å². The average Bonchev–Trinajstić information content (AvgIpc) is 2.74. The lowest BCUT2D eigenvalue weighted by atomic mass is 9.82. The number of hydrogen-bond donors (Lipinski definition) is 1. The second-order valence-electron chi connectivity index (χ2n) is 5.83. The fraction of sp³-hybridized carbons (Fsp3) is 0.500. The van der Waals surface area contributed by atoms with Crippen LogP contribution in [0.3, 0.4) is 0 Å². The third-order valence-corrected chi connectivity index (χ3v) is 4.35. The Bertz CT molecular complexity index is 567. The van der Waals surface area contributed by atoms with Crippen LogP contribution in [-0.2, 0) is 4.79 Å². The number of amides is 3. The smallest absolute Gasteiger partial charge is 0.325 e. The van der Waals surface area contributed by atoms with E-state index in [9.17, 15) is 14.0 Å². The summed E-state index contributed by atoms with van der Waals surface area (Å²) < 4.78 is 18.3. The summed E-state index contributed by atoms with van der Waals surface area (Å²) in [5.74, 6) is 0.0430. The first kappa shape index (κ1) is 14.8. The Hall–Kier alpha value is -2.11. The summed E-state index contributed by atoms with van der Waals surface area (Å²) in [5, 5.41) is 2.86. The van der Waals surface area contributed by atoms with Gasteiger partial charge in [0.15, 0.2) is 0 Å². The lowest BCUT2D eigenvalue weighted by molar-refractivity contribution is -0.132. The van der Waals surface area contributed by atoms with Gasteiger partial charge in [-0.2, -0.15) is 0 Å². The Balaban J connectivity index is 1.57. The molecule has 0 unspecified atom stereocenters. The monoisotopic (exact) mass is 306 g/mol. The molecular weight excluding hydrogens is 287 g/mol. The molecule has 0 aromatic heterocycles. The molecule has 1 saturated heterocycles. The number of halogens is 1. The van der Waals surface area contributed by atoms with Crippen molar-refractivity contribution in [2.75, 3.05) is 13.2 Å². The summed E-state index contributed by atoms with van der Waals surface area (Å²) in [4.78, 5) is 25.8. The molecule has 22 heavy (non-hydrogen) atoms. The second-order valence-corrected chi connectivity index (χ2v) is 5.83. The van der Waals surface area contributed by atoms with Crippen LogP contribution in [0.15, 0.2) is 24.3 Å². The summed E-state index contributed by atoms with van der Waals surface area (Å²) >= 11 is 0. The van der Waals surface area contributed by atoms with E-state index in [1.54, 1.807) is 0 Å². The summed E-state index contributed by atoms with van der Waals surface area (Å²) in [7, 11) is 0. The highest BCUT2D eigenvalue weighted by Gasteiger charge is 2.50. The molecule has 0 atom stereocenters. The van der Waals surface area contributed by atoms with E-state index >= 15 is 0 Å². The number of nitrogens with zero attached hydrogens (tertiary/aromatic N) is 1. The topological polar surface area (TPSA) is 58.6 Å². The van der Waals surface area contributed by atoms with Crippen molar-refractivity contribution in [3.63, 3.8) is 0 Å². The summed E-state index contributed by atoms with van der Waals surface area (Å²) in [6.45, 7) is 0.394. The van der Waals surface area contributed by atoms with Gasteiger partial charge in [-0.25, -0.2) is 9.18 Å². The maximum absolute atomic E-state index is 12.8. The fourth-order valence-corrected chi connectivity index (χ4v) is 3.16. The maximum atomic E-state index is 12.8. The quantitative estimate of drug-likeness (QED) is 0.869. The molecule has 1 N–H and O–H groups in total. The summed E-state index contributed by atoms with van der Waals surface area (Å²) in [6, 6.07) is 5.31. The van der Waals surface area contributed by atoms with Crippen LogP contribution >= 0.6 is 0 Å². The van der Waals surface area contributed by atoms with Gasteiger partial charge in [0.25, 0.3) is 5.91 Å². The van der Waals surface area contributed by atoms with Crippen molar-refractivity contribution in [2.24, 2.45) is 0 Å². The van der Waals surface area contributed by atoms with Gasteiger partial charge < -0.3 is 10.1 Å². The zero-order chi connectivity index (χ0) is 15.6. The van der Waals surface area contributed by atoms with Crippen molar-refractivity contribution < 1.29 is 18.7 Å². The average molecular weight is 306 g/mol. The van der Waals surface area contributed by atoms with E-state index in [2.05, 4.69) is 5.32 Å². The molecule has 2 aliphatic rings. The molecule has 2 fully saturated rings. The minimum atomic E-state index is -0.689. The van der Waals surface area contributed by atoms with Crippen molar-refractivity contribution >= 4 is 11.9 Å². The molecule has 0 radical (unpaired) electrons. The van der Waals surface area contributed by atoms with Crippen LogP contribution in [0.25, 0.3) is 0 Å². The second kappa shape index (κ2) is 5.94. The number of imide groups is 1. The van der Waals surface area contributed by atoms with E-state index in [4.69, 9.17) is 4.74 Å². The van der Waals surface area contributed by atoms with E-state index < -0.39 is 5.54 Å². The third kappa shape index (κ3) is 2.77. The van der Waals surface area contributed by atoms with Crippen molar-refractivity contribution in [3.8, 4) is 5.75 Å². The van der Waals surface area contributed by atoms with E-state index in [0.29, 0.717) is 18.6 Å². The molecule has 6 heteroatoms. The Kier molecular flexibility index (Phi) is 4.00. The highest BCUT2D eigenvalue weighted by atomic mass is 19.1. The summed E-state index contributed by atoms with van der Waals surface area (Å²) in [6.07, 6.45) is 4.47. The van der Waals surface area contributed by atoms with Crippen molar-refractivity contribution in [1.82, 2.24) is 10.2 Å². The first-order chi connectivity index (χ1) is 10.6. The number of hydrogen-bond acceptors (Lipinski definition) is 3. The van der Waals surface area contributed by atoms with Gasteiger partial charge in [-0.05, 0) is 37.1 Å². The van der Waals surface area contributed by atoms with Gasteiger partial charge in [0.2, 0.25) is 0 Å². The zero-order valence-electron chi connectivity index (χ0n) is 12.3. The lowest BCUT2D eigenvalue weighted by Gasteiger charge is -2.30. The molecular formula is C16H19FN2O3. The first-order valence-electron chi connectivity index (χ1n) is 7.63. The van der Waals surface area contributed by atoms with Crippen molar-refractivity contribution in [2.45, 2.75) is 37.6 Å². The number of nitrogens with one attached hydrogen (secondary N) is 1. The van der Waals surface area contributed by atoms with Gasteiger partial charge in [-0.1, -0.05) is 19.3 Å². The Labute approximate surface area is 128 Å². The normalized spacial score (nSPS) is 20.3.